The molecule has 0 fully saturated rings. The summed E-state index contributed by atoms with van der Waals surface area (Å²) in [6, 6.07) is 20.7. The van der Waals surface area contributed by atoms with E-state index in [1.807, 2.05) is 18.2 Å². The standard InChI is InChI=1S/C24H17ClN2O4S/c25-16-11-9-14(10-12-16)20-21(29)22(30)27(18-7-3-1-5-15(18)13-28)24(20)23(31)26-17-6-2-4-8-19(17)32-24/h1-12,28-29H,13H2,(H,26,31). The van der Waals surface area contributed by atoms with Crippen LogP contribution in [0.1, 0.15) is 11.1 Å². The second-order valence-electron chi connectivity index (χ2n) is 7.35. The van der Waals surface area contributed by atoms with Crippen molar-refractivity contribution in [2.75, 3.05) is 10.2 Å². The lowest BCUT2D eigenvalue weighted by molar-refractivity contribution is -0.121. The topological polar surface area (TPSA) is 89.9 Å². The lowest BCUT2D eigenvalue weighted by Crippen LogP contribution is -2.56. The fraction of sp³-hybridized carbons (Fsp3) is 0.0833. The summed E-state index contributed by atoms with van der Waals surface area (Å²) in [5.41, 5.74) is 2.09. The molecule has 0 aromatic heterocycles. The summed E-state index contributed by atoms with van der Waals surface area (Å²) < 4.78 is 0. The first-order valence-corrected chi connectivity index (χ1v) is 11.0. The predicted octanol–water partition coefficient (Wildman–Crippen LogP) is 4.59. The number of fused-ring (bicyclic) bond motifs is 1. The number of halogens is 1. The molecule has 1 spiro atoms. The van der Waals surface area contributed by atoms with Gasteiger partial charge in [0, 0.05) is 15.5 Å². The Morgan fingerprint density at radius 1 is 0.969 bits per heavy atom. The number of benzene rings is 3. The van der Waals surface area contributed by atoms with Crippen LogP contribution in [0.5, 0.6) is 0 Å². The first kappa shape index (κ1) is 20.6. The number of amides is 2. The van der Waals surface area contributed by atoms with Crippen LogP contribution in [0.3, 0.4) is 0 Å². The van der Waals surface area contributed by atoms with Gasteiger partial charge in [-0.1, -0.05) is 65.8 Å². The molecule has 0 bridgehead atoms. The number of carbonyl (C=O) groups is 2. The van der Waals surface area contributed by atoms with Crippen molar-refractivity contribution < 1.29 is 19.8 Å². The van der Waals surface area contributed by atoms with E-state index in [4.69, 9.17) is 11.6 Å². The van der Waals surface area contributed by atoms with Gasteiger partial charge in [0.1, 0.15) is 0 Å². The molecule has 2 aliphatic heterocycles. The van der Waals surface area contributed by atoms with E-state index >= 15 is 0 Å². The van der Waals surface area contributed by atoms with Gasteiger partial charge in [-0.3, -0.25) is 14.5 Å². The molecule has 0 radical (unpaired) electrons. The van der Waals surface area contributed by atoms with Gasteiger partial charge in [0.25, 0.3) is 11.8 Å². The molecular weight excluding hydrogens is 448 g/mol. The summed E-state index contributed by atoms with van der Waals surface area (Å²) in [5, 5.41) is 24.4. The number of aliphatic hydroxyl groups excluding tert-OH is 2. The monoisotopic (exact) mass is 464 g/mol. The summed E-state index contributed by atoms with van der Waals surface area (Å²) in [5.74, 6) is -1.73. The summed E-state index contributed by atoms with van der Waals surface area (Å²) in [6.07, 6.45) is 0. The van der Waals surface area contributed by atoms with E-state index in [1.54, 1.807) is 54.6 Å². The molecule has 1 unspecified atom stereocenters. The van der Waals surface area contributed by atoms with Crippen LogP contribution in [0.15, 0.2) is 83.5 Å². The number of anilines is 2. The average molecular weight is 465 g/mol. The molecule has 3 aromatic carbocycles. The summed E-state index contributed by atoms with van der Waals surface area (Å²) in [4.78, 5) is 27.6. The van der Waals surface area contributed by atoms with Crippen LogP contribution in [-0.2, 0) is 16.2 Å². The molecule has 3 aromatic rings. The van der Waals surface area contributed by atoms with Crippen molar-refractivity contribution in [1.29, 1.82) is 0 Å². The molecular formula is C24H17ClN2O4S. The number of hydrogen-bond acceptors (Lipinski definition) is 5. The molecule has 5 rings (SSSR count). The van der Waals surface area contributed by atoms with E-state index in [1.165, 1.54) is 16.7 Å². The highest BCUT2D eigenvalue weighted by atomic mass is 35.5. The minimum Gasteiger partial charge on any atom is -0.503 e. The van der Waals surface area contributed by atoms with E-state index in [-0.39, 0.29) is 12.2 Å². The Labute approximate surface area is 193 Å². The Balaban J connectivity index is 1.80. The van der Waals surface area contributed by atoms with E-state index in [0.717, 1.165) is 4.90 Å². The Bertz CT molecular complexity index is 1290. The normalized spacial score (nSPS) is 20.0. The second kappa shape index (κ2) is 7.70. The van der Waals surface area contributed by atoms with Crippen molar-refractivity contribution in [2.45, 2.75) is 16.4 Å². The van der Waals surface area contributed by atoms with E-state index < -0.39 is 22.4 Å². The van der Waals surface area contributed by atoms with Crippen molar-refractivity contribution in [3.8, 4) is 0 Å². The van der Waals surface area contributed by atoms with Gasteiger partial charge in [-0.25, -0.2) is 0 Å². The Morgan fingerprint density at radius 3 is 2.41 bits per heavy atom. The molecule has 6 nitrogen and oxygen atoms in total. The van der Waals surface area contributed by atoms with Crippen molar-refractivity contribution in [2.24, 2.45) is 0 Å². The van der Waals surface area contributed by atoms with Gasteiger partial charge in [-0.05, 0) is 35.9 Å². The Kier molecular flexibility index (Phi) is 4.97. The molecule has 0 saturated carbocycles. The maximum Gasteiger partial charge on any atom is 0.295 e. The molecule has 2 aliphatic rings. The number of rotatable bonds is 3. The number of carbonyl (C=O) groups excluding carboxylic acids is 2. The van der Waals surface area contributed by atoms with Gasteiger partial charge in [-0.2, -0.15) is 0 Å². The van der Waals surface area contributed by atoms with Crippen molar-refractivity contribution in [3.05, 3.63) is 94.7 Å². The Morgan fingerprint density at radius 2 is 1.66 bits per heavy atom. The van der Waals surface area contributed by atoms with Gasteiger partial charge in [0.2, 0.25) is 4.87 Å². The molecule has 2 heterocycles. The van der Waals surface area contributed by atoms with E-state index in [2.05, 4.69) is 5.32 Å². The lowest BCUT2D eigenvalue weighted by atomic mass is 9.96. The summed E-state index contributed by atoms with van der Waals surface area (Å²) in [7, 11) is 0. The highest BCUT2D eigenvalue weighted by Crippen LogP contribution is 2.56. The number of nitrogens with zero attached hydrogens (tertiary/aromatic N) is 1. The number of hydrogen-bond donors (Lipinski definition) is 3. The maximum atomic E-state index is 13.7. The largest absolute Gasteiger partial charge is 0.503 e. The third-order valence-corrected chi connectivity index (χ3v) is 7.23. The fourth-order valence-corrected chi connectivity index (χ4v) is 5.65. The maximum absolute atomic E-state index is 13.7. The van der Waals surface area contributed by atoms with Crippen LogP contribution < -0.4 is 10.2 Å². The second-order valence-corrected chi connectivity index (χ2v) is 9.03. The molecule has 32 heavy (non-hydrogen) atoms. The van der Waals surface area contributed by atoms with Crippen LogP contribution in [0, 0.1) is 0 Å². The fourth-order valence-electron chi connectivity index (χ4n) is 4.10. The number of nitrogens with one attached hydrogen (secondary N) is 1. The molecule has 160 valence electrons. The van der Waals surface area contributed by atoms with Gasteiger partial charge < -0.3 is 15.5 Å². The van der Waals surface area contributed by atoms with Crippen LogP contribution in [-0.4, -0.2) is 26.9 Å². The highest BCUT2D eigenvalue weighted by Gasteiger charge is 2.61. The average Bonchev–Trinajstić information content (AvgIpc) is 3.02. The Hall–Kier alpha value is -3.26. The quantitative estimate of drug-likeness (QED) is 0.527. The number of para-hydroxylation sites is 2. The van der Waals surface area contributed by atoms with Gasteiger partial charge in [-0.15, -0.1) is 0 Å². The number of aliphatic hydroxyl groups is 2. The summed E-state index contributed by atoms with van der Waals surface area (Å²) >= 11 is 7.22. The third-order valence-electron chi connectivity index (χ3n) is 5.53. The van der Waals surface area contributed by atoms with Crippen LogP contribution in [0.25, 0.3) is 5.57 Å². The van der Waals surface area contributed by atoms with Gasteiger partial charge >= 0.3 is 0 Å². The zero-order chi connectivity index (χ0) is 22.5. The molecule has 0 saturated heterocycles. The molecule has 3 N–H and O–H groups in total. The molecule has 1 atom stereocenters. The smallest absolute Gasteiger partial charge is 0.295 e. The SMILES string of the molecule is O=C1C(O)=C(c2ccc(Cl)cc2)C2(Sc3ccccc3NC2=O)N1c1ccccc1CO. The van der Waals surface area contributed by atoms with Gasteiger partial charge in [0.15, 0.2) is 5.76 Å². The van der Waals surface area contributed by atoms with Crippen LogP contribution in [0.4, 0.5) is 11.4 Å². The zero-order valence-electron chi connectivity index (χ0n) is 16.6. The minimum atomic E-state index is -1.63. The van der Waals surface area contributed by atoms with Crippen molar-refractivity contribution in [3.63, 3.8) is 0 Å². The lowest BCUT2D eigenvalue weighted by Gasteiger charge is -2.41. The van der Waals surface area contributed by atoms with E-state index in [0.29, 0.717) is 27.5 Å². The van der Waals surface area contributed by atoms with E-state index in [9.17, 15) is 19.8 Å². The van der Waals surface area contributed by atoms with Crippen LogP contribution in [0.2, 0.25) is 5.02 Å². The zero-order valence-corrected chi connectivity index (χ0v) is 18.2. The highest BCUT2D eigenvalue weighted by molar-refractivity contribution is 8.02. The molecule has 0 aliphatic carbocycles. The van der Waals surface area contributed by atoms with Crippen molar-refractivity contribution in [1.82, 2.24) is 0 Å². The summed E-state index contributed by atoms with van der Waals surface area (Å²) in [6.45, 7) is -0.337. The van der Waals surface area contributed by atoms with Gasteiger partial charge in [0.05, 0.1) is 23.6 Å². The number of thioether (sulfide) groups is 1. The third kappa shape index (κ3) is 2.93. The molecule has 8 heteroatoms. The molecule has 2 amide bonds. The predicted molar refractivity (Wildman–Crippen MR) is 125 cm³/mol. The first-order chi connectivity index (χ1) is 15.5. The van der Waals surface area contributed by atoms with Crippen LogP contribution >= 0.6 is 23.4 Å². The van der Waals surface area contributed by atoms with Crippen molar-refractivity contribution >= 4 is 52.1 Å². The first-order valence-electron chi connectivity index (χ1n) is 9.80. The minimum absolute atomic E-state index is 0.170.